The summed E-state index contributed by atoms with van der Waals surface area (Å²) in [6.45, 7) is 5.13. The number of hydrogen-bond donors (Lipinski definition) is 2. The van der Waals surface area contributed by atoms with Crippen molar-refractivity contribution in [2.75, 3.05) is 11.9 Å². The van der Waals surface area contributed by atoms with E-state index in [0.29, 0.717) is 23.8 Å². The van der Waals surface area contributed by atoms with Gasteiger partial charge in [0.05, 0.1) is 6.04 Å². The zero-order valence-corrected chi connectivity index (χ0v) is 17.5. The number of carbonyl (C=O) groups is 1. The van der Waals surface area contributed by atoms with E-state index < -0.39 is 0 Å². The minimum atomic E-state index is 0.0679. The van der Waals surface area contributed by atoms with Crippen LogP contribution in [-0.2, 0) is 0 Å². The molecule has 2 aromatic carbocycles. The van der Waals surface area contributed by atoms with E-state index in [1.54, 1.807) is 0 Å². The van der Waals surface area contributed by atoms with Gasteiger partial charge in [0.1, 0.15) is 0 Å². The van der Waals surface area contributed by atoms with Gasteiger partial charge in [-0.15, -0.1) is 0 Å². The predicted octanol–water partition coefficient (Wildman–Crippen LogP) is 5.76. The molecule has 0 spiro atoms. The number of carbonyl (C=O) groups excluding carboxylic acids is 1. The largest absolute Gasteiger partial charge is 0.378 e. The van der Waals surface area contributed by atoms with Crippen LogP contribution in [0.5, 0.6) is 0 Å². The Morgan fingerprint density at radius 2 is 1.90 bits per heavy atom. The Balaban J connectivity index is 1.45. The standard InChI is InChI=1S/C26H32N2O/c1-16(2)12-13-27-26(29)20-10-11-22-21(15-20)23-18-8-9-19(14-18)24(23)25(28-22)17-6-4-3-5-7-17/h3-7,10-11,15-16,18-19,23-25,28H,8-9,12-14H2,1-2H3,(H,27,29)/t18-,19-,23-,24+,25-/m0/s1. The van der Waals surface area contributed by atoms with Gasteiger partial charge in [-0.1, -0.05) is 44.2 Å². The van der Waals surface area contributed by atoms with E-state index in [1.165, 1.54) is 36.1 Å². The Morgan fingerprint density at radius 3 is 2.69 bits per heavy atom. The summed E-state index contributed by atoms with van der Waals surface area (Å²) in [7, 11) is 0. The van der Waals surface area contributed by atoms with E-state index in [1.807, 2.05) is 6.07 Å². The van der Waals surface area contributed by atoms with Crippen LogP contribution in [0.4, 0.5) is 5.69 Å². The van der Waals surface area contributed by atoms with Crippen molar-refractivity contribution in [2.24, 2.45) is 23.7 Å². The molecule has 2 aromatic rings. The van der Waals surface area contributed by atoms with Gasteiger partial charge in [0.2, 0.25) is 0 Å². The highest BCUT2D eigenvalue weighted by molar-refractivity contribution is 5.95. The summed E-state index contributed by atoms with van der Waals surface area (Å²) in [6.07, 6.45) is 5.08. The maximum atomic E-state index is 12.7. The summed E-state index contributed by atoms with van der Waals surface area (Å²) in [5, 5.41) is 6.97. The lowest BCUT2D eigenvalue weighted by Gasteiger charge is -2.43. The maximum Gasteiger partial charge on any atom is 0.251 e. The normalized spacial score (nSPS) is 29.3. The van der Waals surface area contributed by atoms with Crippen molar-refractivity contribution in [3.63, 3.8) is 0 Å². The van der Waals surface area contributed by atoms with E-state index >= 15 is 0 Å². The molecule has 1 amide bonds. The fourth-order valence-corrected chi connectivity index (χ4v) is 6.19. The van der Waals surface area contributed by atoms with Crippen LogP contribution in [0.3, 0.4) is 0 Å². The van der Waals surface area contributed by atoms with Crippen LogP contribution in [0.25, 0.3) is 0 Å². The maximum absolute atomic E-state index is 12.7. The molecule has 29 heavy (non-hydrogen) atoms. The predicted molar refractivity (Wildman–Crippen MR) is 118 cm³/mol. The van der Waals surface area contributed by atoms with Crippen LogP contribution in [0, 0.1) is 23.7 Å². The summed E-state index contributed by atoms with van der Waals surface area (Å²) in [5.74, 6) is 3.48. The summed E-state index contributed by atoms with van der Waals surface area (Å²) < 4.78 is 0. The molecule has 0 saturated heterocycles. The first-order valence-corrected chi connectivity index (χ1v) is 11.4. The van der Waals surface area contributed by atoms with E-state index in [-0.39, 0.29) is 5.91 Å². The molecule has 0 aromatic heterocycles. The zero-order chi connectivity index (χ0) is 20.0. The van der Waals surface area contributed by atoms with Crippen molar-refractivity contribution in [3.8, 4) is 0 Å². The van der Waals surface area contributed by atoms with Gasteiger partial charge in [-0.05, 0) is 84.6 Å². The van der Waals surface area contributed by atoms with Gasteiger partial charge in [-0.25, -0.2) is 0 Å². The number of benzene rings is 2. The lowest BCUT2D eigenvalue weighted by molar-refractivity contribution is 0.0951. The Kier molecular flexibility index (Phi) is 4.85. The second kappa shape index (κ2) is 7.51. The summed E-state index contributed by atoms with van der Waals surface area (Å²) in [4.78, 5) is 12.7. The fraction of sp³-hybridized carbons (Fsp3) is 0.500. The molecule has 0 radical (unpaired) electrons. The molecule has 2 N–H and O–H groups in total. The second-order valence-corrected chi connectivity index (χ2v) is 9.71. The van der Waals surface area contributed by atoms with E-state index in [0.717, 1.165) is 30.4 Å². The molecule has 3 nitrogen and oxygen atoms in total. The van der Waals surface area contributed by atoms with Crippen LogP contribution < -0.4 is 10.6 Å². The Morgan fingerprint density at radius 1 is 1.10 bits per heavy atom. The monoisotopic (exact) mass is 388 g/mol. The number of fused-ring (bicyclic) bond motifs is 7. The molecule has 2 saturated carbocycles. The average molecular weight is 389 g/mol. The van der Waals surface area contributed by atoms with Gasteiger partial charge < -0.3 is 10.6 Å². The molecule has 3 heteroatoms. The highest BCUT2D eigenvalue weighted by atomic mass is 16.1. The van der Waals surface area contributed by atoms with Crippen molar-refractivity contribution < 1.29 is 4.79 Å². The molecule has 5 rings (SSSR count). The Labute approximate surface area is 174 Å². The SMILES string of the molecule is CC(C)CCNC(=O)c1ccc2c(c1)[C@@H]1[C@H]3CC[C@@H](C3)[C@H]1[C@H](c1ccccc1)N2. The van der Waals surface area contributed by atoms with Crippen LogP contribution in [0.1, 0.15) is 73.0 Å². The number of nitrogens with one attached hydrogen (secondary N) is 2. The molecule has 2 aliphatic carbocycles. The number of rotatable bonds is 5. The third kappa shape index (κ3) is 3.35. The van der Waals surface area contributed by atoms with Gasteiger partial charge in [0, 0.05) is 17.8 Å². The lowest BCUT2D eigenvalue weighted by Crippen LogP contribution is -2.35. The second-order valence-electron chi connectivity index (χ2n) is 9.71. The summed E-state index contributed by atoms with van der Waals surface area (Å²) in [6, 6.07) is 17.6. The molecule has 2 fully saturated rings. The lowest BCUT2D eigenvalue weighted by atomic mass is 9.68. The van der Waals surface area contributed by atoms with E-state index in [2.05, 4.69) is 66.9 Å². The van der Waals surface area contributed by atoms with E-state index in [4.69, 9.17) is 0 Å². The van der Waals surface area contributed by atoms with Crippen molar-refractivity contribution >= 4 is 11.6 Å². The highest BCUT2D eigenvalue weighted by Gasteiger charge is 2.53. The first-order chi connectivity index (χ1) is 14.1. The van der Waals surface area contributed by atoms with Crippen LogP contribution in [0.2, 0.25) is 0 Å². The molecule has 3 aliphatic rings. The van der Waals surface area contributed by atoms with Crippen LogP contribution >= 0.6 is 0 Å². The average Bonchev–Trinajstić information content (AvgIpc) is 3.36. The molecule has 1 heterocycles. The Hall–Kier alpha value is -2.29. The van der Waals surface area contributed by atoms with Crippen molar-refractivity contribution in [1.82, 2.24) is 5.32 Å². The molecule has 1 aliphatic heterocycles. The highest BCUT2D eigenvalue weighted by Crippen LogP contribution is 2.63. The zero-order valence-electron chi connectivity index (χ0n) is 17.5. The summed E-state index contributed by atoms with van der Waals surface area (Å²) in [5.41, 5.74) is 4.82. The molecule has 2 bridgehead atoms. The molecular formula is C26H32N2O. The van der Waals surface area contributed by atoms with Crippen molar-refractivity contribution in [1.29, 1.82) is 0 Å². The summed E-state index contributed by atoms with van der Waals surface area (Å²) >= 11 is 0. The van der Waals surface area contributed by atoms with Gasteiger partial charge in [-0.3, -0.25) is 4.79 Å². The van der Waals surface area contributed by atoms with Crippen molar-refractivity contribution in [3.05, 3.63) is 65.2 Å². The van der Waals surface area contributed by atoms with Crippen LogP contribution in [0.15, 0.2) is 48.5 Å². The number of hydrogen-bond acceptors (Lipinski definition) is 2. The topological polar surface area (TPSA) is 41.1 Å². The van der Waals surface area contributed by atoms with Gasteiger partial charge in [0.25, 0.3) is 5.91 Å². The van der Waals surface area contributed by atoms with Gasteiger partial charge in [-0.2, -0.15) is 0 Å². The molecular weight excluding hydrogens is 356 g/mol. The number of anilines is 1. The van der Waals surface area contributed by atoms with Gasteiger partial charge >= 0.3 is 0 Å². The number of amides is 1. The smallest absolute Gasteiger partial charge is 0.251 e. The third-order valence-electron chi connectivity index (χ3n) is 7.52. The Bertz CT molecular complexity index is 891. The first-order valence-electron chi connectivity index (χ1n) is 11.4. The fourth-order valence-electron chi connectivity index (χ4n) is 6.19. The van der Waals surface area contributed by atoms with E-state index in [9.17, 15) is 4.79 Å². The molecule has 5 atom stereocenters. The van der Waals surface area contributed by atoms with Crippen molar-refractivity contribution in [2.45, 2.75) is 51.5 Å². The van der Waals surface area contributed by atoms with Crippen LogP contribution in [-0.4, -0.2) is 12.5 Å². The molecule has 152 valence electrons. The molecule has 0 unspecified atom stereocenters. The minimum Gasteiger partial charge on any atom is -0.378 e. The van der Waals surface area contributed by atoms with Gasteiger partial charge in [0.15, 0.2) is 0 Å². The first kappa shape index (κ1) is 18.7. The third-order valence-corrected chi connectivity index (χ3v) is 7.52. The quantitative estimate of drug-likeness (QED) is 0.684. The minimum absolute atomic E-state index is 0.0679.